The molecule has 2 rings (SSSR count). The molecule has 6 nitrogen and oxygen atoms in total. The smallest absolute Gasteiger partial charge is 0.279 e. The van der Waals surface area contributed by atoms with Gasteiger partial charge in [-0.1, -0.05) is 46.9 Å². The number of carbonyl (C=O) groups is 2. The molecule has 0 bridgehead atoms. The van der Waals surface area contributed by atoms with Crippen LogP contribution < -0.4 is 20.3 Å². The molecule has 9 heteroatoms. The summed E-state index contributed by atoms with van der Waals surface area (Å²) in [7, 11) is 0. The molecule has 138 valence electrons. The van der Waals surface area contributed by atoms with Crippen LogP contribution >= 0.6 is 34.8 Å². The quantitative estimate of drug-likeness (QED) is 0.704. The van der Waals surface area contributed by atoms with E-state index in [4.69, 9.17) is 44.3 Å². The van der Waals surface area contributed by atoms with Crippen molar-refractivity contribution in [3.05, 3.63) is 57.5 Å². The van der Waals surface area contributed by atoms with Gasteiger partial charge in [0.2, 0.25) is 0 Å². The summed E-state index contributed by atoms with van der Waals surface area (Å²) in [6.07, 6.45) is -0.873. The standard InChI is InChI=1S/C17H15Cl3N2O4/c1-10(26-15-5-3-2-4-12(15)19)17(24)22-21-16(23)9-25-14-7-6-11(18)8-13(14)20/h2-8,10H,9H2,1H3,(H,21,23)(H,22,24). The van der Waals surface area contributed by atoms with Crippen molar-refractivity contribution >= 4 is 46.6 Å². The van der Waals surface area contributed by atoms with Gasteiger partial charge in [-0.15, -0.1) is 0 Å². The van der Waals surface area contributed by atoms with Crippen molar-refractivity contribution in [1.82, 2.24) is 10.9 Å². The molecule has 0 radical (unpaired) electrons. The predicted octanol–water partition coefficient (Wildman–Crippen LogP) is 3.64. The van der Waals surface area contributed by atoms with E-state index < -0.39 is 17.9 Å². The molecule has 0 spiro atoms. The summed E-state index contributed by atoms with van der Waals surface area (Å²) in [6, 6.07) is 11.4. The number of rotatable bonds is 6. The van der Waals surface area contributed by atoms with Crippen molar-refractivity contribution in [3.63, 3.8) is 0 Å². The van der Waals surface area contributed by atoms with E-state index in [0.29, 0.717) is 21.5 Å². The molecule has 0 saturated heterocycles. The van der Waals surface area contributed by atoms with Crippen LogP contribution in [0.15, 0.2) is 42.5 Å². The molecular formula is C17H15Cl3N2O4. The fraction of sp³-hybridized carbons (Fsp3) is 0.176. The first kappa shape index (κ1) is 20.2. The van der Waals surface area contributed by atoms with Gasteiger partial charge < -0.3 is 9.47 Å². The van der Waals surface area contributed by atoms with E-state index in [1.165, 1.54) is 19.1 Å². The van der Waals surface area contributed by atoms with E-state index in [0.717, 1.165) is 0 Å². The van der Waals surface area contributed by atoms with Crippen molar-refractivity contribution in [2.24, 2.45) is 0 Å². The van der Waals surface area contributed by atoms with Crippen LogP contribution in [0.4, 0.5) is 0 Å². The van der Waals surface area contributed by atoms with Gasteiger partial charge in [0.25, 0.3) is 11.8 Å². The third-order valence-electron chi connectivity index (χ3n) is 3.09. The van der Waals surface area contributed by atoms with E-state index in [-0.39, 0.29) is 11.6 Å². The van der Waals surface area contributed by atoms with Gasteiger partial charge in [0.05, 0.1) is 10.0 Å². The monoisotopic (exact) mass is 416 g/mol. The van der Waals surface area contributed by atoms with E-state index in [9.17, 15) is 9.59 Å². The first-order valence-electron chi connectivity index (χ1n) is 7.44. The van der Waals surface area contributed by atoms with Crippen molar-refractivity contribution in [3.8, 4) is 11.5 Å². The molecule has 1 unspecified atom stereocenters. The van der Waals surface area contributed by atoms with Crippen LogP contribution in [0.2, 0.25) is 15.1 Å². The van der Waals surface area contributed by atoms with Gasteiger partial charge in [0.15, 0.2) is 12.7 Å². The van der Waals surface area contributed by atoms with E-state index >= 15 is 0 Å². The minimum Gasteiger partial charge on any atom is -0.482 e. The second-order valence-electron chi connectivity index (χ2n) is 5.09. The Morgan fingerprint density at radius 3 is 2.42 bits per heavy atom. The largest absolute Gasteiger partial charge is 0.482 e. The molecule has 2 aromatic rings. The Morgan fingerprint density at radius 2 is 1.73 bits per heavy atom. The van der Waals surface area contributed by atoms with Gasteiger partial charge in [0.1, 0.15) is 11.5 Å². The second-order valence-corrected chi connectivity index (χ2v) is 6.34. The molecule has 0 aromatic heterocycles. The maximum absolute atomic E-state index is 12.0. The van der Waals surface area contributed by atoms with Crippen molar-refractivity contribution in [1.29, 1.82) is 0 Å². The SMILES string of the molecule is CC(Oc1ccccc1Cl)C(=O)NNC(=O)COc1ccc(Cl)cc1Cl. The second kappa shape index (κ2) is 9.52. The van der Waals surface area contributed by atoms with Crippen molar-refractivity contribution < 1.29 is 19.1 Å². The first-order valence-corrected chi connectivity index (χ1v) is 8.58. The Bertz CT molecular complexity index is 801. The third kappa shape index (κ3) is 5.98. The van der Waals surface area contributed by atoms with Crippen molar-refractivity contribution in [2.75, 3.05) is 6.61 Å². The maximum atomic E-state index is 12.0. The summed E-state index contributed by atoms with van der Waals surface area (Å²) in [4.78, 5) is 23.7. The lowest BCUT2D eigenvalue weighted by Gasteiger charge is -2.16. The molecular weight excluding hydrogens is 403 g/mol. The van der Waals surface area contributed by atoms with E-state index in [1.807, 2.05) is 0 Å². The lowest BCUT2D eigenvalue weighted by Crippen LogP contribution is -2.48. The number of halogens is 3. The van der Waals surface area contributed by atoms with Crippen LogP contribution in [0, 0.1) is 0 Å². The fourth-order valence-corrected chi connectivity index (χ4v) is 2.43. The molecule has 0 saturated carbocycles. The Morgan fingerprint density at radius 1 is 1.00 bits per heavy atom. The summed E-state index contributed by atoms with van der Waals surface area (Å²) >= 11 is 17.7. The van der Waals surface area contributed by atoms with Crippen LogP contribution in [0.3, 0.4) is 0 Å². The fourth-order valence-electron chi connectivity index (χ4n) is 1.79. The summed E-state index contributed by atoms with van der Waals surface area (Å²) in [5, 5.41) is 1.10. The highest BCUT2D eigenvalue weighted by atomic mass is 35.5. The summed E-state index contributed by atoms with van der Waals surface area (Å²) in [5.74, 6) is -0.464. The number of carbonyl (C=O) groups excluding carboxylic acids is 2. The van der Waals surface area contributed by atoms with Gasteiger partial charge in [-0.3, -0.25) is 20.4 Å². The first-order chi connectivity index (χ1) is 12.4. The van der Waals surface area contributed by atoms with Crippen LogP contribution in [0.25, 0.3) is 0 Å². The number of benzene rings is 2. The number of hydrogen-bond acceptors (Lipinski definition) is 4. The lowest BCUT2D eigenvalue weighted by atomic mass is 10.3. The Labute approximate surface area is 165 Å². The average molecular weight is 418 g/mol. The topological polar surface area (TPSA) is 76.7 Å². The molecule has 0 aliphatic rings. The molecule has 2 aromatic carbocycles. The van der Waals surface area contributed by atoms with Gasteiger partial charge in [-0.25, -0.2) is 0 Å². The molecule has 0 aliphatic heterocycles. The van der Waals surface area contributed by atoms with Crippen LogP contribution in [-0.2, 0) is 9.59 Å². The van der Waals surface area contributed by atoms with Gasteiger partial charge in [-0.05, 0) is 37.3 Å². The van der Waals surface area contributed by atoms with Gasteiger partial charge in [0, 0.05) is 5.02 Å². The number of para-hydroxylation sites is 1. The number of amides is 2. The zero-order valence-corrected chi connectivity index (χ0v) is 15.9. The number of hydrazine groups is 1. The molecule has 2 amide bonds. The Hall–Kier alpha value is -2.15. The van der Waals surface area contributed by atoms with Gasteiger partial charge in [-0.2, -0.15) is 0 Å². The lowest BCUT2D eigenvalue weighted by molar-refractivity contribution is -0.133. The summed E-state index contributed by atoms with van der Waals surface area (Å²) in [5.41, 5.74) is 4.46. The predicted molar refractivity (Wildman–Crippen MR) is 99.8 cm³/mol. The number of ether oxygens (including phenoxy) is 2. The highest BCUT2D eigenvalue weighted by Crippen LogP contribution is 2.27. The average Bonchev–Trinajstić information content (AvgIpc) is 2.60. The van der Waals surface area contributed by atoms with Crippen LogP contribution in [-0.4, -0.2) is 24.5 Å². The minimum absolute atomic E-state index is 0.274. The zero-order valence-electron chi connectivity index (χ0n) is 13.6. The number of hydrogen-bond donors (Lipinski definition) is 2. The highest BCUT2D eigenvalue weighted by Gasteiger charge is 2.17. The minimum atomic E-state index is -0.873. The van der Waals surface area contributed by atoms with Crippen LogP contribution in [0.5, 0.6) is 11.5 Å². The molecule has 1 atom stereocenters. The Kier molecular flexibility index (Phi) is 7.38. The van der Waals surface area contributed by atoms with E-state index in [2.05, 4.69) is 10.9 Å². The van der Waals surface area contributed by atoms with Gasteiger partial charge >= 0.3 is 0 Å². The normalized spacial score (nSPS) is 11.4. The molecule has 0 aliphatic carbocycles. The summed E-state index contributed by atoms with van der Waals surface area (Å²) in [6.45, 7) is 1.18. The van der Waals surface area contributed by atoms with Crippen molar-refractivity contribution in [2.45, 2.75) is 13.0 Å². The maximum Gasteiger partial charge on any atom is 0.279 e. The van der Waals surface area contributed by atoms with Crippen LogP contribution in [0.1, 0.15) is 6.92 Å². The van der Waals surface area contributed by atoms with E-state index in [1.54, 1.807) is 30.3 Å². The molecule has 0 heterocycles. The summed E-state index contributed by atoms with van der Waals surface area (Å²) < 4.78 is 10.7. The third-order valence-corrected chi connectivity index (χ3v) is 3.93. The highest BCUT2D eigenvalue weighted by molar-refractivity contribution is 6.35. The molecule has 0 fully saturated rings. The Balaban J connectivity index is 1.77. The molecule has 26 heavy (non-hydrogen) atoms. The zero-order chi connectivity index (χ0) is 19.1. The number of nitrogens with one attached hydrogen (secondary N) is 2. The molecule has 2 N–H and O–H groups in total.